The number of aliphatic hydroxyl groups is 9. The second-order valence-corrected chi connectivity index (χ2v) is 22.9. The van der Waals surface area contributed by atoms with Gasteiger partial charge in [0.15, 0.2) is 18.9 Å². The summed E-state index contributed by atoms with van der Waals surface area (Å²) in [7, 11) is 0. The number of rotatable bonds is 9. The Balaban J connectivity index is 1.01. The Morgan fingerprint density at radius 2 is 1.39 bits per heavy atom. The van der Waals surface area contributed by atoms with Crippen LogP contribution in [0.2, 0.25) is 0 Å². The summed E-state index contributed by atoms with van der Waals surface area (Å²) < 4.78 is 36.1. The lowest BCUT2D eigenvalue weighted by Gasteiger charge is -2.71. The zero-order valence-electron chi connectivity index (χ0n) is 38.5. The van der Waals surface area contributed by atoms with E-state index in [0.717, 1.165) is 44.9 Å². The van der Waals surface area contributed by atoms with Gasteiger partial charge in [0.1, 0.15) is 61.0 Å². The monoisotopic (exact) mass is 913 g/mol. The minimum absolute atomic E-state index is 0.00330. The summed E-state index contributed by atoms with van der Waals surface area (Å²) in [4.78, 5) is 13.1. The Kier molecular flexibility index (Phi) is 13.2. The number of carbonyl (C=O) groups is 1. The summed E-state index contributed by atoms with van der Waals surface area (Å²) in [5.41, 5.74) is -0.609. The molecule has 0 amide bonds. The van der Waals surface area contributed by atoms with Crippen LogP contribution in [0.3, 0.4) is 0 Å². The first-order chi connectivity index (χ1) is 29.9. The van der Waals surface area contributed by atoms with Crippen molar-refractivity contribution in [2.24, 2.45) is 50.2 Å². The normalized spacial score (nSPS) is 55.0. The summed E-state index contributed by atoms with van der Waals surface area (Å²) in [5, 5.41) is 108. The minimum Gasteiger partial charge on any atom is -0.481 e. The van der Waals surface area contributed by atoms with E-state index in [4.69, 9.17) is 28.4 Å². The number of aliphatic carboxylic acids is 1. The summed E-state index contributed by atoms with van der Waals surface area (Å²) in [6.07, 6.45) is -11.9. The molecule has 366 valence electrons. The van der Waals surface area contributed by atoms with Crippen molar-refractivity contribution in [1.82, 2.24) is 0 Å². The fraction of sp³-hybridized carbons (Fsp3) is 0.936. The summed E-state index contributed by atoms with van der Waals surface area (Å²) in [5.74, 6) is -0.391. The van der Waals surface area contributed by atoms with Gasteiger partial charge < -0.3 is 79.5 Å². The zero-order valence-corrected chi connectivity index (χ0v) is 38.5. The molecule has 0 spiro atoms. The van der Waals surface area contributed by atoms with Crippen LogP contribution in [-0.2, 0) is 33.2 Å². The Morgan fingerprint density at radius 3 is 2.06 bits per heavy atom. The van der Waals surface area contributed by atoms with Crippen molar-refractivity contribution in [2.75, 3.05) is 19.8 Å². The Bertz CT molecular complexity index is 1750. The van der Waals surface area contributed by atoms with Crippen LogP contribution in [-0.4, -0.2) is 169 Å². The molecule has 7 fully saturated rings. The lowest BCUT2D eigenvalue weighted by atomic mass is 9.33. The highest BCUT2D eigenvalue weighted by Gasteiger charge is 2.70. The van der Waals surface area contributed by atoms with Crippen LogP contribution in [0.15, 0.2) is 11.6 Å². The maximum atomic E-state index is 13.1. The maximum absolute atomic E-state index is 13.1. The van der Waals surface area contributed by atoms with Crippen LogP contribution in [0.5, 0.6) is 0 Å². The minimum atomic E-state index is -1.82. The highest BCUT2D eigenvalue weighted by Crippen LogP contribution is 2.76. The molecule has 0 radical (unpaired) electrons. The van der Waals surface area contributed by atoms with Gasteiger partial charge in [0, 0.05) is 5.41 Å². The number of allylic oxidation sites excluding steroid dienone is 2. The first-order valence-corrected chi connectivity index (χ1v) is 23.7. The molecule has 23 atom stereocenters. The van der Waals surface area contributed by atoms with Crippen molar-refractivity contribution in [3.05, 3.63) is 11.6 Å². The van der Waals surface area contributed by atoms with E-state index in [1.807, 2.05) is 6.92 Å². The number of fused-ring (bicyclic) bond motifs is 7. The standard InChI is InChI=1S/C47H76O17/c1-22-30(51)36(63-38-34(55)33(54)32(53)26(19-48)61-38)35(56)39(60-22)64-37-31(52)25(50)20-59-40(37)62-29-11-12-43(4)27(44(29,5)21-49)10-13-46(7)28(43)9-8-23-24-18-42(2,3)14-16-47(24,41(57)58)17-15-45(23,46)6/h8,22,24-40,48-56H,9-21H2,1-7H3,(H,57,58)/t22-,24-,25-,26+,27+,28+,29?,30-,31-,32+,33-,34+,35+,36+,37+,38-,39-,40-,43-,44-,45+,46+,47-/m0/s1. The van der Waals surface area contributed by atoms with Gasteiger partial charge in [-0.1, -0.05) is 53.2 Å². The molecular formula is C47H76O17. The van der Waals surface area contributed by atoms with Gasteiger partial charge in [-0.3, -0.25) is 4.79 Å². The second-order valence-electron chi connectivity index (χ2n) is 22.9. The third kappa shape index (κ3) is 7.49. The lowest BCUT2D eigenvalue weighted by molar-refractivity contribution is -0.383. The van der Waals surface area contributed by atoms with E-state index in [9.17, 15) is 55.9 Å². The largest absolute Gasteiger partial charge is 0.481 e. The molecule has 4 saturated carbocycles. The van der Waals surface area contributed by atoms with Gasteiger partial charge in [0.25, 0.3) is 0 Å². The average Bonchev–Trinajstić information content (AvgIpc) is 3.24. The van der Waals surface area contributed by atoms with Gasteiger partial charge in [-0.2, -0.15) is 0 Å². The second kappa shape index (κ2) is 17.2. The number of carboxylic acid groups (broad SMARTS) is 1. The third-order valence-electron chi connectivity index (χ3n) is 19.1. The van der Waals surface area contributed by atoms with Gasteiger partial charge >= 0.3 is 5.97 Å². The van der Waals surface area contributed by atoms with Crippen molar-refractivity contribution in [2.45, 2.75) is 205 Å². The van der Waals surface area contributed by atoms with Gasteiger partial charge in [-0.25, -0.2) is 0 Å². The van der Waals surface area contributed by atoms with Crippen LogP contribution in [0.25, 0.3) is 0 Å². The first kappa shape index (κ1) is 49.0. The highest BCUT2D eigenvalue weighted by molar-refractivity contribution is 5.76. The average molecular weight is 913 g/mol. The SMILES string of the molecule is C[C@@H]1O[C@@H](O[C@H]2[C@H](OC3CC[C@@]4(C)[C@@H](CC[C@]5(C)[C@@H]4CC=C4[C@@H]6CC(C)(C)CC[C@]6(C(=O)O)CC[C@]45C)[C@]3(C)CO)OC[C@H](O)[C@@H]2O)[C@H](O)[C@H](O[C@@H]2O[C@H](CO)[C@@H](O)[C@H](O)[C@H]2O)[C@H]1O. The third-order valence-corrected chi connectivity index (χ3v) is 19.1. The van der Waals surface area contributed by atoms with E-state index in [1.165, 1.54) is 12.5 Å². The first-order valence-electron chi connectivity index (χ1n) is 23.7. The summed E-state index contributed by atoms with van der Waals surface area (Å²) in [6, 6.07) is 0. The molecule has 10 N–H and O–H groups in total. The Labute approximate surface area is 376 Å². The molecule has 64 heavy (non-hydrogen) atoms. The predicted molar refractivity (Wildman–Crippen MR) is 225 cm³/mol. The molecule has 5 aliphatic carbocycles. The number of hydrogen-bond acceptors (Lipinski definition) is 16. The van der Waals surface area contributed by atoms with Crippen LogP contribution in [0.4, 0.5) is 0 Å². The van der Waals surface area contributed by atoms with Gasteiger partial charge in [-0.05, 0) is 111 Å². The molecule has 17 heteroatoms. The van der Waals surface area contributed by atoms with Crippen LogP contribution in [0.1, 0.15) is 113 Å². The molecular weight excluding hydrogens is 837 g/mol. The van der Waals surface area contributed by atoms with Crippen molar-refractivity contribution in [3.63, 3.8) is 0 Å². The molecule has 0 aromatic carbocycles. The fourth-order valence-corrected chi connectivity index (χ4v) is 14.8. The maximum Gasteiger partial charge on any atom is 0.310 e. The van der Waals surface area contributed by atoms with Crippen LogP contribution in [0, 0.1) is 50.2 Å². The summed E-state index contributed by atoms with van der Waals surface area (Å²) >= 11 is 0. The quantitative estimate of drug-likeness (QED) is 0.116. The highest BCUT2D eigenvalue weighted by atomic mass is 16.8. The Morgan fingerprint density at radius 1 is 0.719 bits per heavy atom. The van der Waals surface area contributed by atoms with Crippen LogP contribution >= 0.6 is 0 Å². The van der Waals surface area contributed by atoms with E-state index in [1.54, 1.807) is 0 Å². The zero-order chi connectivity index (χ0) is 46.7. The molecule has 3 saturated heterocycles. The fourth-order valence-electron chi connectivity index (χ4n) is 14.8. The van der Waals surface area contributed by atoms with E-state index in [-0.39, 0.29) is 52.6 Å². The molecule has 3 aliphatic heterocycles. The molecule has 0 aromatic heterocycles. The van der Waals surface area contributed by atoms with Crippen molar-refractivity contribution in [3.8, 4) is 0 Å². The molecule has 8 aliphatic rings. The number of hydrogen-bond donors (Lipinski definition) is 10. The molecule has 17 nitrogen and oxygen atoms in total. The smallest absolute Gasteiger partial charge is 0.310 e. The Hall–Kier alpha value is -1.39. The van der Waals surface area contributed by atoms with Gasteiger partial charge in [0.05, 0.1) is 37.4 Å². The van der Waals surface area contributed by atoms with Gasteiger partial charge in [0.2, 0.25) is 0 Å². The van der Waals surface area contributed by atoms with E-state index in [2.05, 4.69) is 40.7 Å². The molecule has 1 unspecified atom stereocenters. The number of carboxylic acids is 1. The van der Waals surface area contributed by atoms with E-state index >= 15 is 0 Å². The van der Waals surface area contributed by atoms with Crippen LogP contribution < -0.4 is 0 Å². The molecule has 0 bridgehead atoms. The van der Waals surface area contributed by atoms with E-state index in [0.29, 0.717) is 19.3 Å². The lowest BCUT2D eigenvalue weighted by Crippen LogP contribution is -2.67. The topological polar surface area (TPSA) is 275 Å². The summed E-state index contributed by atoms with van der Waals surface area (Å²) in [6.45, 7) is 14.1. The van der Waals surface area contributed by atoms with Crippen molar-refractivity contribution < 1.29 is 84.3 Å². The molecule has 0 aromatic rings. The van der Waals surface area contributed by atoms with Crippen molar-refractivity contribution in [1.29, 1.82) is 0 Å². The molecule has 3 heterocycles. The predicted octanol–water partition coefficient (Wildman–Crippen LogP) is 1.35. The number of ether oxygens (including phenoxy) is 6. The van der Waals surface area contributed by atoms with E-state index < -0.39 is 116 Å². The molecule has 8 rings (SSSR count). The number of aliphatic hydroxyl groups excluding tert-OH is 9. The van der Waals surface area contributed by atoms with Crippen molar-refractivity contribution >= 4 is 5.97 Å². The van der Waals surface area contributed by atoms with Gasteiger partial charge in [-0.15, -0.1) is 0 Å².